The minimum absolute atomic E-state index is 0.125. The van der Waals surface area contributed by atoms with E-state index in [1.165, 1.54) is 44.4 Å². The number of aromatic hydroxyl groups is 2. The van der Waals surface area contributed by atoms with Gasteiger partial charge < -0.3 is 108 Å². The molecule has 0 aliphatic carbocycles. The van der Waals surface area contributed by atoms with E-state index < -0.39 is 147 Å². The van der Waals surface area contributed by atoms with Crippen molar-refractivity contribution in [1.82, 2.24) is 0 Å². The lowest BCUT2D eigenvalue weighted by Gasteiger charge is -2.44. The Kier molecular flexibility index (Phi) is 13.1. The lowest BCUT2D eigenvalue weighted by molar-refractivity contribution is -0.342. The Labute approximate surface area is 344 Å². The minimum Gasteiger partial charge on any atom is -0.508 e. The molecule has 0 radical (unpaired) electrons. The molecule has 0 bridgehead atoms. The summed E-state index contributed by atoms with van der Waals surface area (Å²) in [5, 5.41) is 127. The molecule has 4 aliphatic rings. The Hall–Kier alpha value is -3.83. The zero-order valence-corrected chi connectivity index (χ0v) is 32.4. The predicted molar refractivity (Wildman–Crippen MR) is 197 cm³/mol. The number of aliphatic hydroxyl groups excluding tert-OH is 8. The van der Waals surface area contributed by atoms with E-state index in [4.69, 9.17) is 47.0 Å². The summed E-state index contributed by atoms with van der Waals surface area (Å²) < 4.78 is 56.2. The van der Waals surface area contributed by atoms with Gasteiger partial charge in [-0.15, -0.1) is 0 Å². The van der Waals surface area contributed by atoms with E-state index in [2.05, 4.69) is 0 Å². The fraction of sp³-hybridized carbons (Fsp3) is 0.605. The van der Waals surface area contributed by atoms with Gasteiger partial charge in [-0.05, 0) is 31.2 Å². The number of phenolic OH excluding ortho intramolecular Hbond substituents is 2. The summed E-state index contributed by atoms with van der Waals surface area (Å²) in [7, 11) is 1.33. The van der Waals surface area contributed by atoms with Crippen LogP contribution in [0.4, 0.5) is 0 Å². The molecule has 3 aromatic rings. The standard InChI is InChI=1S/C38H48O23/c1-14-22(42)26(46)30(61-36-32(49)38(51,13-56-36)12-55-35-31(48)37(50,10-39)11-54-35)34(57-14)53-9-20-23(43)25(45)27(47)33(59-20)60-29-24(44)21-18(41)7-17(52-2)8-19(21)58-28(29)15-3-5-16(40)6-4-15/h3-8,14,20,22-23,25-27,30-36,39-43,45-51H,9-13H2,1-2H3/t14-,20-,22-,23-,25+,26+,27-,30-,31+,32+,33+,34-,35-,36-,37-,38-/m0/s1. The van der Waals surface area contributed by atoms with Crippen molar-refractivity contribution in [2.45, 2.75) is 104 Å². The van der Waals surface area contributed by atoms with Crippen LogP contribution in [0.1, 0.15) is 6.92 Å². The van der Waals surface area contributed by atoms with Crippen LogP contribution in [0.15, 0.2) is 45.6 Å². The van der Waals surface area contributed by atoms with Gasteiger partial charge in [-0.25, -0.2) is 0 Å². The minimum atomic E-state index is -2.21. The topological polar surface area (TPSA) is 356 Å². The van der Waals surface area contributed by atoms with Crippen molar-refractivity contribution >= 4 is 11.0 Å². The molecular formula is C38H48O23. The van der Waals surface area contributed by atoms with Crippen LogP contribution in [0.3, 0.4) is 0 Å². The number of aliphatic hydroxyl groups is 10. The first-order chi connectivity index (χ1) is 28.9. The summed E-state index contributed by atoms with van der Waals surface area (Å²) in [5.41, 5.74) is -5.11. The summed E-state index contributed by atoms with van der Waals surface area (Å²) in [6, 6.07) is 7.83. The van der Waals surface area contributed by atoms with E-state index in [-0.39, 0.29) is 33.8 Å². The normalized spacial score (nSPS) is 39.1. The molecule has 0 unspecified atom stereocenters. The fourth-order valence-electron chi connectivity index (χ4n) is 7.24. The number of hydrogen-bond acceptors (Lipinski definition) is 23. The summed E-state index contributed by atoms with van der Waals surface area (Å²) in [6.45, 7) is -2.01. The summed E-state index contributed by atoms with van der Waals surface area (Å²) >= 11 is 0. The first-order valence-corrected chi connectivity index (χ1v) is 19.0. The van der Waals surface area contributed by atoms with E-state index in [0.717, 1.165) is 6.07 Å². The summed E-state index contributed by atoms with van der Waals surface area (Å²) in [5.74, 6) is -1.39. The third kappa shape index (κ3) is 8.63. The Morgan fingerprint density at radius 3 is 2.11 bits per heavy atom. The predicted octanol–water partition coefficient (Wildman–Crippen LogP) is -4.16. The van der Waals surface area contributed by atoms with Gasteiger partial charge in [0.2, 0.25) is 17.5 Å². The Morgan fingerprint density at radius 1 is 0.770 bits per heavy atom. The van der Waals surface area contributed by atoms with Gasteiger partial charge in [0.05, 0.1) is 46.2 Å². The van der Waals surface area contributed by atoms with Crippen LogP contribution in [0.2, 0.25) is 0 Å². The van der Waals surface area contributed by atoms with E-state index in [1.807, 2.05) is 0 Å². The molecule has 61 heavy (non-hydrogen) atoms. The number of hydrogen-bond donors (Lipinski definition) is 12. The third-order valence-electron chi connectivity index (χ3n) is 11.1. The zero-order valence-electron chi connectivity index (χ0n) is 32.4. The van der Waals surface area contributed by atoms with Gasteiger partial charge in [-0.1, -0.05) is 0 Å². The van der Waals surface area contributed by atoms with Crippen molar-refractivity contribution in [2.75, 3.05) is 40.1 Å². The highest BCUT2D eigenvalue weighted by Gasteiger charge is 2.55. The maximum atomic E-state index is 14.0. The van der Waals surface area contributed by atoms with Gasteiger partial charge in [0.1, 0.15) is 94.4 Å². The van der Waals surface area contributed by atoms with Gasteiger partial charge in [0.25, 0.3) is 0 Å². The maximum absolute atomic E-state index is 14.0. The smallest absolute Gasteiger partial charge is 0.239 e. The molecule has 16 atom stereocenters. The number of rotatable bonds is 13. The molecule has 4 saturated heterocycles. The lowest BCUT2D eigenvalue weighted by atomic mass is 9.98. The second-order valence-electron chi connectivity index (χ2n) is 15.3. The van der Waals surface area contributed by atoms with Crippen molar-refractivity contribution in [1.29, 1.82) is 0 Å². The number of phenols is 2. The van der Waals surface area contributed by atoms with Gasteiger partial charge in [-0.3, -0.25) is 4.79 Å². The zero-order chi connectivity index (χ0) is 44.1. The largest absolute Gasteiger partial charge is 0.508 e. The first kappa shape index (κ1) is 45.2. The molecular weight excluding hydrogens is 824 g/mol. The SMILES string of the molecule is COc1cc(O)c2c(=O)c(O[C@H]3O[C@@H](CO[C@H]4O[C@@H](C)[C@H](O)[C@@H](O)[C@@H]4O[C@@H]4OC[C@@](O)(CO[C@@H]5OC[C@@](O)(CO)[C@@H]5O)[C@@H]4O)[C@H](O)[C@@H](O)[C@@H]3O)c(-c3ccc(O)cc3)oc2c1. The van der Waals surface area contributed by atoms with E-state index in [0.29, 0.717) is 0 Å². The molecule has 0 spiro atoms. The van der Waals surface area contributed by atoms with Gasteiger partial charge >= 0.3 is 0 Å². The van der Waals surface area contributed by atoms with Crippen LogP contribution in [0.25, 0.3) is 22.3 Å². The van der Waals surface area contributed by atoms with Crippen molar-refractivity contribution in [3.8, 4) is 34.3 Å². The Morgan fingerprint density at radius 2 is 1.44 bits per heavy atom. The highest BCUT2D eigenvalue weighted by molar-refractivity contribution is 5.88. The molecule has 4 aliphatic heterocycles. The molecule has 4 fully saturated rings. The molecule has 12 N–H and O–H groups in total. The van der Waals surface area contributed by atoms with E-state index in [1.54, 1.807) is 0 Å². The van der Waals surface area contributed by atoms with Crippen LogP contribution >= 0.6 is 0 Å². The summed E-state index contributed by atoms with van der Waals surface area (Å²) in [4.78, 5) is 14.0. The monoisotopic (exact) mass is 872 g/mol. The number of ether oxygens (including phenoxy) is 9. The van der Waals surface area contributed by atoms with Gasteiger partial charge in [0.15, 0.2) is 24.6 Å². The van der Waals surface area contributed by atoms with Crippen molar-refractivity contribution in [3.63, 3.8) is 0 Å². The van der Waals surface area contributed by atoms with Crippen LogP contribution < -0.4 is 14.9 Å². The maximum Gasteiger partial charge on any atom is 0.239 e. The highest BCUT2D eigenvalue weighted by Crippen LogP contribution is 2.39. The Balaban J connectivity index is 1.08. The van der Waals surface area contributed by atoms with Crippen molar-refractivity contribution in [2.24, 2.45) is 0 Å². The molecule has 23 nitrogen and oxygen atoms in total. The number of benzene rings is 2. The molecule has 5 heterocycles. The lowest BCUT2D eigenvalue weighted by Crippen LogP contribution is -2.62. The average molecular weight is 873 g/mol. The van der Waals surface area contributed by atoms with Crippen molar-refractivity contribution < 1.29 is 108 Å². The molecule has 7 rings (SSSR count). The molecule has 0 saturated carbocycles. The summed E-state index contributed by atoms with van der Waals surface area (Å²) in [6.07, 6.45) is -24.0. The second kappa shape index (κ2) is 17.7. The second-order valence-corrected chi connectivity index (χ2v) is 15.3. The fourth-order valence-corrected chi connectivity index (χ4v) is 7.24. The van der Waals surface area contributed by atoms with E-state index >= 15 is 0 Å². The van der Waals surface area contributed by atoms with Gasteiger partial charge in [-0.2, -0.15) is 0 Å². The van der Waals surface area contributed by atoms with Crippen LogP contribution in [-0.2, 0) is 33.2 Å². The average Bonchev–Trinajstić information content (AvgIpc) is 3.69. The van der Waals surface area contributed by atoms with Gasteiger partial charge in [0, 0.05) is 17.7 Å². The number of fused-ring (bicyclic) bond motifs is 1. The Bertz CT molecular complexity index is 2050. The quantitative estimate of drug-likeness (QED) is 0.0775. The molecule has 338 valence electrons. The molecule has 0 amide bonds. The highest BCUT2D eigenvalue weighted by atomic mass is 16.8. The van der Waals surface area contributed by atoms with Crippen LogP contribution in [0, 0.1) is 0 Å². The van der Waals surface area contributed by atoms with Crippen LogP contribution in [-0.4, -0.2) is 199 Å². The molecule has 23 heteroatoms. The first-order valence-electron chi connectivity index (χ1n) is 19.0. The van der Waals surface area contributed by atoms with E-state index in [9.17, 15) is 66.1 Å². The third-order valence-corrected chi connectivity index (χ3v) is 11.1. The van der Waals surface area contributed by atoms with Crippen LogP contribution in [0.5, 0.6) is 23.0 Å². The van der Waals surface area contributed by atoms with Crippen molar-refractivity contribution in [3.05, 3.63) is 46.6 Å². The molecule has 2 aromatic carbocycles. The molecule has 1 aromatic heterocycles. The number of methoxy groups -OCH3 is 1.